The van der Waals surface area contributed by atoms with Crippen molar-refractivity contribution in [3.05, 3.63) is 69.7 Å². The van der Waals surface area contributed by atoms with Gasteiger partial charge in [0.25, 0.3) is 0 Å². The predicted molar refractivity (Wildman–Crippen MR) is 124 cm³/mol. The van der Waals surface area contributed by atoms with Gasteiger partial charge in [-0.15, -0.1) is 0 Å². The van der Waals surface area contributed by atoms with Crippen LogP contribution in [-0.4, -0.2) is 6.04 Å². The van der Waals surface area contributed by atoms with Gasteiger partial charge in [0.05, 0.1) is 6.04 Å². The summed E-state index contributed by atoms with van der Waals surface area (Å²) in [5, 5.41) is 8.92. The van der Waals surface area contributed by atoms with Gasteiger partial charge in [-0.1, -0.05) is 48.7 Å². The van der Waals surface area contributed by atoms with Crippen LogP contribution in [0.3, 0.4) is 0 Å². The maximum atomic E-state index is 6.57. The number of benzene rings is 2. The van der Waals surface area contributed by atoms with Gasteiger partial charge in [-0.3, -0.25) is 0 Å². The molecule has 2 aromatic carbocycles. The van der Waals surface area contributed by atoms with Crippen LogP contribution in [0.5, 0.6) is 0 Å². The first-order valence-corrected chi connectivity index (χ1v) is 11.6. The number of halogens is 2. The molecule has 152 valence electrons. The summed E-state index contributed by atoms with van der Waals surface area (Å²) in [4.78, 5) is 0. The Kier molecular flexibility index (Phi) is 5.04. The van der Waals surface area contributed by atoms with E-state index in [0.29, 0.717) is 6.04 Å². The average molecular weight is 427 g/mol. The normalized spacial score (nSPS) is 22.6. The lowest BCUT2D eigenvalue weighted by Gasteiger charge is -2.42. The summed E-state index contributed by atoms with van der Waals surface area (Å²) in [5.41, 5.74) is 6.30. The Balaban J connectivity index is 1.50. The van der Waals surface area contributed by atoms with E-state index in [1.54, 1.807) is 0 Å². The van der Waals surface area contributed by atoms with Crippen molar-refractivity contribution in [3.8, 4) is 0 Å². The van der Waals surface area contributed by atoms with Crippen molar-refractivity contribution in [2.24, 2.45) is 0 Å². The quantitative estimate of drug-likeness (QED) is 0.529. The molecule has 0 aromatic heterocycles. The van der Waals surface area contributed by atoms with E-state index in [-0.39, 0.29) is 11.5 Å². The van der Waals surface area contributed by atoms with Crippen molar-refractivity contribution < 1.29 is 0 Å². The summed E-state index contributed by atoms with van der Waals surface area (Å²) in [7, 11) is 0. The smallest absolute Gasteiger partial charge is 0.0537 e. The van der Waals surface area contributed by atoms with E-state index in [0.717, 1.165) is 27.7 Å². The lowest BCUT2D eigenvalue weighted by atomic mass is 9.69. The highest BCUT2D eigenvalue weighted by molar-refractivity contribution is 6.33. The summed E-state index contributed by atoms with van der Waals surface area (Å²) < 4.78 is 0. The second-order valence-corrected chi connectivity index (χ2v) is 9.91. The molecule has 1 aliphatic heterocycles. The molecule has 0 amide bonds. The minimum Gasteiger partial charge on any atom is -0.382 e. The standard InChI is InChI=1S/C25H28Cl2N2/c1-16(28-19-5-4-6-19)17-7-10-23-21(13-17)25(11-2-3-12-25)15-24(29-23)20-14-18(26)8-9-22(20)27/h7-10,13-14,19,24,28-29H,1-6,11-12,15H2. The topological polar surface area (TPSA) is 24.1 Å². The van der Waals surface area contributed by atoms with Crippen LogP contribution < -0.4 is 10.6 Å². The summed E-state index contributed by atoms with van der Waals surface area (Å²) in [6, 6.07) is 13.4. The van der Waals surface area contributed by atoms with Crippen molar-refractivity contribution in [2.75, 3.05) is 5.32 Å². The third-order valence-corrected chi connectivity index (χ3v) is 7.82. The molecule has 2 nitrogen and oxygen atoms in total. The van der Waals surface area contributed by atoms with Crippen molar-refractivity contribution in [3.63, 3.8) is 0 Å². The van der Waals surface area contributed by atoms with E-state index in [1.165, 1.54) is 61.8 Å². The highest BCUT2D eigenvalue weighted by Gasteiger charge is 2.43. The summed E-state index contributed by atoms with van der Waals surface area (Å²) in [6.07, 6.45) is 9.98. The first kappa shape index (κ1) is 19.3. The van der Waals surface area contributed by atoms with E-state index in [9.17, 15) is 0 Å². The highest BCUT2D eigenvalue weighted by Crippen LogP contribution is 2.54. The number of hydrogen-bond donors (Lipinski definition) is 2. The monoisotopic (exact) mass is 426 g/mol. The maximum absolute atomic E-state index is 6.57. The third-order valence-electron chi connectivity index (χ3n) is 7.24. The molecule has 2 fully saturated rings. The fraction of sp³-hybridized carbons (Fsp3) is 0.440. The molecule has 0 saturated heterocycles. The van der Waals surface area contributed by atoms with Crippen molar-refractivity contribution in [2.45, 2.75) is 68.9 Å². The Bertz CT molecular complexity index is 942. The molecule has 0 radical (unpaired) electrons. The lowest BCUT2D eigenvalue weighted by molar-refractivity contribution is 0.366. The van der Waals surface area contributed by atoms with E-state index in [2.05, 4.69) is 35.4 Å². The largest absolute Gasteiger partial charge is 0.382 e. The average Bonchev–Trinajstić information content (AvgIpc) is 3.15. The van der Waals surface area contributed by atoms with Gasteiger partial charge in [0.1, 0.15) is 0 Å². The number of hydrogen-bond acceptors (Lipinski definition) is 2. The molecule has 1 atom stereocenters. The van der Waals surface area contributed by atoms with Crippen molar-refractivity contribution in [1.82, 2.24) is 5.32 Å². The molecule has 3 aliphatic rings. The highest BCUT2D eigenvalue weighted by atomic mass is 35.5. The molecule has 0 bridgehead atoms. The number of nitrogens with one attached hydrogen (secondary N) is 2. The van der Waals surface area contributed by atoms with E-state index in [1.807, 2.05) is 18.2 Å². The van der Waals surface area contributed by atoms with Crippen LogP contribution >= 0.6 is 23.2 Å². The summed E-state index contributed by atoms with van der Waals surface area (Å²) in [6.45, 7) is 4.33. The maximum Gasteiger partial charge on any atom is 0.0537 e. The number of fused-ring (bicyclic) bond motifs is 2. The molecular weight excluding hydrogens is 399 g/mol. The summed E-state index contributed by atoms with van der Waals surface area (Å²) in [5.74, 6) is 0. The van der Waals surface area contributed by atoms with Crippen LogP contribution in [0.25, 0.3) is 5.70 Å². The van der Waals surface area contributed by atoms with Gasteiger partial charge in [0.2, 0.25) is 0 Å². The molecule has 2 N–H and O–H groups in total. The van der Waals surface area contributed by atoms with Crippen LogP contribution in [0.15, 0.2) is 43.0 Å². The first-order chi connectivity index (χ1) is 14.0. The Morgan fingerprint density at radius 1 is 1.03 bits per heavy atom. The van der Waals surface area contributed by atoms with Gasteiger partial charge in [0, 0.05) is 27.5 Å². The van der Waals surface area contributed by atoms with Gasteiger partial charge >= 0.3 is 0 Å². The van der Waals surface area contributed by atoms with Gasteiger partial charge in [-0.2, -0.15) is 0 Å². The van der Waals surface area contributed by atoms with Crippen LogP contribution in [0.2, 0.25) is 10.0 Å². The Morgan fingerprint density at radius 3 is 2.55 bits per heavy atom. The molecule has 2 aromatic rings. The molecular formula is C25H28Cl2N2. The first-order valence-electron chi connectivity index (χ1n) is 10.9. The van der Waals surface area contributed by atoms with Crippen molar-refractivity contribution >= 4 is 34.6 Å². The zero-order valence-corrected chi connectivity index (χ0v) is 18.3. The van der Waals surface area contributed by atoms with E-state index in [4.69, 9.17) is 23.2 Å². The van der Waals surface area contributed by atoms with Crippen LogP contribution in [0, 0.1) is 0 Å². The summed E-state index contributed by atoms with van der Waals surface area (Å²) >= 11 is 12.9. The van der Waals surface area contributed by atoms with E-state index >= 15 is 0 Å². The van der Waals surface area contributed by atoms with Gasteiger partial charge < -0.3 is 10.6 Å². The zero-order valence-electron chi connectivity index (χ0n) is 16.7. The third kappa shape index (κ3) is 3.55. The van der Waals surface area contributed by atoms with Gasteiger partial charge in [-0.05, 0) is 91.0 Å². The minimum absolute atomic E-state index is 0.189. The van der Waals surface area contributed by atoms with Gasteiger partial charge in [-0.25, -0.2) is 0 Å². The number of rotatable bonds is 4. The Morgan fingerprint density at radius 2 is 1.83 bits per heavy atom. The lowest BCUT2D eigenvalue weighted by Crippen LogP contribution is -2.35. The molecule has 2 aliphatic carbocycles. The Hall–Kier alpha value is -1.64. The fourth-order valence-corrected chi connectivity index (χ4v) is 5.84. The predicted octanol–water partition coefficient (Wildman–Crippen LogP) is 7.47. The van der Waals surface area contributed by atoms with Crippen molar-refractivity contribution in [1.29, 1.82) is 0 Å². The second kappa shape index (κ2) is 7.56. The molecule has 1 unspecified atom stereocenters. The molecule has 4 heteroatoms. The van der Waals surface area contributed by atoms with E-state index < -0.39 is 0 Å². The second-order valence-electron chi connectivity index (χ2n) is 9.07. The molecule has 29 heavy (non-hydrogen) atoms. The fourth-order valence-electron chi connectivity index (χ4n) is 5.41. The van der Waals surface area contributed by atoms with Crippen LogP contribution in [0.4, 0.5) is 5.69 Å². The molecule has 1 heterocycles. The number of anilines is 1. The molecule has 5 rings (SSSR count). The zero-order chi connectivity index (χ0) is 20.0. The van der Waals surface area contributed by atoms with Crippen LogP contribution in [0.1, 0.15) is 74.1 Å². The molecule has 1 spiro atoms. The van der Waals surface area contributed by atoms with Crippen LogP contribution in [-0.2, 0) is 5.41 Å². The SMILES string of the molecule is C=C(NC1CCC1)c1ccc2c(c1)C1(CCCC1)CC(c1cc(Cl)ccc1Cl)N2. The minimum atomic E-state index is 0.189. The van der Waals surface area contributed by atoms with Gasteiger partial charge in [0.15, 0.2) is 0 Å². The Labute approximate surface area is 183 Å². The molecule has 2 saturated carbocycles.